The lowest BCUT2D eigenvalue weighted by molar-refractivity contribution is -0.142. The van der Waals surface area contributed by atoms with E-state index in [1.54, 1.807) is 0 Å². The van der Waals surface area contributed by atoms with Gasteiger partial charge in [0.1, 0.15) is 5.78 Å². The summed E-state index contributed by atoms with van der Waals surface area (Å²) in [6.45, 7) is 0. The Morgan fingerprint density at radius 3 is 1.88 bits per heavy atom. The maximum Gasteiger partial charge on any atom is 0.306 e. The fourth-order valence-electron chi connectivity index (χ4n) is 2.47. The number of ketones is 1. The first-order valence-electron chi connectivity index (χ1n) is 6.94. The highest BCUT2D eigenvalue weighted by Crippen LogP contribution is 2.20. The highest BCUT2D eigenvalue weighted by atomic mass is 16.4. The zero-order chi connectivity index (χ0) is 12.5. The van der Waals surface area contributed by atoms with E-state index in [-0.39, 0.29) is 5.92 Å². The Hall–Kier alpha value is -0.860. The molecule has 1 atom stereocenters. The molecule has 0 aromatic carbocycles. The molecule has 1 saturated carbocycles. The van der Waals surface area contributed by atoms with Gasteiger partial charge in [0.25, 0.3) is 0 Å². The Bertz CT molecular complexity index is 248. The zero-order valence-corrected chi connectivity index (χ0v) is 10.6. The fraction of sp³-hybridized carbons (Fsp3) is 0.857. The normalized spacial score (nSPS) is 25.4. The minimum atomic E-state index is -0.643. The van der Waals surface area contributed by atoms with Crippen molar-refractivity contribution in [3.05, 3.63) is 0 Å². The molecule has 0 aliphatic heterocycles. The van der Waals surface area contributed by atoms with Crippen molar-refractivity contribution in [2.45, 2.75) is 70.6 Å². The van der Waals surface area contributed by atoms with Gasteiger partial charge in [0.05, 0.1) is 5.92 Å². The topological polar surface area (TPSA) is 54.4 Å². The second-order valence-corrected chi connectivity index (χ2v) is 5.13. The minimum absolute atomic E-state index is 0.161. The van der Waals surface area contributed by atoms with Crippen LogP contribution in [-0.4, -0.2) is 16.9 Å². The summed E-state index contributed by atoms with van der Waals surface area (Å²) in [6, 6.07) is 0. The van der Waals surface area contributed by atoms with Gasteiger partial charge in [0.2, 0.25) is 0 Å². The van der Waals surface area contributed by atoms with Crippen LogP contribution >= 0.6 is 0 Å². The predicted octanol–water partition coefficient (Wildman–Crippen LogP) is 3.56. The van der Waals surface area contributed by atoms with Gasteiger partial charge in [0, 0.05) is 12.8 Å². The summed E-state index contributed by atoms with van der Waals surface area (Å²) in [5.74, 6) is -0.415. The zero-order valence-electron chi connectivity index (χ0n) is 10.6. The van der Waals surface area contributed by atoms with Crippen LogP contribution in [0.1, 0.15) is 70.6 Å². The molecule has 0 radical (unpaired) electrons. The molecule has 3 nitrogen and oxygen atoms in total. The molecule has 0 saturated heterocycles. The molecule has 1 aliphatic carbocycles. The van der Waals surface area contributed by atoms with Crippen LogP contribution in [0, 0.1) is 5.92 Å². The summed E-state index contributed by atoms with van der Waals surface area (Å²) in [6.07, 6.45) is 9.99. The van der Waals surface area contributed by atoms with Gasteiger partial charge < -0.3 is 5.11 Å². The van der Waals surface area contributed by atoms with E-state index >= 15 is 0 Å². The summed E-state index contributed by atoms with van der Waals surface area (Å²) in [7, 11) is 0. The molecule has 3 heteroatoms. The van der Waals surface area contributed by atoms with Crippen LogP contribution in [0.3, 0.4) is 0 Å². The highest BCUT2D eigenvalue weighted by Gasteiger charge is 2.16. The third kappa shape index (κ3) is 6.44. The molecule has 0 aromatic rings. The lowest BCUT2D eigenvalue weighted by atomic mass is 9.95. The smallest absolute Gasteiger partial charge is 0.306 e. The van der Waals surface area contributed by atoms with Gasteiger partial charge in [-0.15, -0.1) is 0 Å². The van der Waals surface area contributed by atoms with Gasteiger partial charge in [-0.3, -0.25) is 9.59 Å². The van der Waals surface area contributed by atoms with Gasteiger partial charge >= 0.3 is 5.97 Å². The summed E-state index contributed by atoms with van der Waals surface area (Å²) in [4.78, 5) is 22.5. The molecular weight excluding hydrogens is 216 g/mol. The van der Waals surface area contributed by atoms with Crippen LogP contribution in [0.5, 0.6) is 0 Å². The summed E-state index contributed by atoms with van der Waals surface area (Å²) in [5.41, 5.74) is 0. The summed E-state index contributed by atoms with van der Waals surface area (Å²) < 4.78 is 0. The monoisotopic (exact) mass is 240 g/mol. The molecule has 1 N–H and O–H groups in total. The fourth-order valence-corrected chi connectivity index (χ4v) is 2.47. The number of carbonyl (C=O) groups is 2. The van der Waals surface area contributed by atoms with E-state index < -0.39 is 5.97 Å². The molecular formula is C14H24O3. The van der Waals surface area contributed by atoms with Gasteiger partial charge in [-0.05, 0) is 25.7 Å². The Kier molecular flexibility index (Phi) is 6.90. The number of hydrogen-bond donors (Lipinski definition) is 1. The van der Waals surface area contributed by atoms with Gasteiger partial charge in [-0.2, -0.15) is 0 Å². The number of aliphatic carboxylic acids is 1. The molecule has 98 valence electrons. The molecule has 0 spiro atoms. The Morgan fingerprint density at radius 1 is 0.882 bits per heavy atom. The standard InChI is InChI=1S/C14H24O3/c15-13-10-6-2-1-4-8-12(14(16)17)9-5-3-7-11-13/h12H,1-11H2,(H,16,17). The van der Waals surface area contributed by atoms with Crippen molar-refractivity contribution in [1.29, 1.82) is 0 Å². The van der Waals surface area contributed by atoms with Crippen LogP contribution in [-0.2, 0) is 9.59 Å². The van der Waals surface area contributed by atoms with E-state index in [1.807, 2.05) is 0 Å². The van der Waals surface area contributed by atoms with Crippen LogP contribution in [0.15, 0.2) is 0 Å². The van der Waals surface area contributed by atoms with E-state index in [2.05, 4.69) is 0 Å². The predicted molar refractivity (Wildman–Crippen MR) is 66.9 cm³/mol. The first-order valence-corrected chi connectivity index (χ1v) is 6.94. The molecule has 1 unspecified atom stereocenters. The van der Waals surface area contributed by atoms with Crippen LogP contribution in [0.25, 0.3) is 0 Å². The third-order valence-corrected chi connectivity index (χ3v) is 3.62. The maximum atomic E-state index is 11.5. The number of carboxylic acids is 1. The van der Waals surface area contributed by atoms with Crippen molar-refractivity contribution in [3.63, 3.8) is 0 Å². The largest absolute Gasteiger partial charge is 0.481 e. The summed E-state index contributed by atoms with van der Waals surface area (Å²) in [5, 5.41) is 9.09. The van der Waals surface area contributed by atoms with Crippen LogP contribution in [0.2, 0.25) is 0 Å². The average Bonchev–Trinajstić information content (AvgIpc) is 2.30. The SMILES string of the molecule is O=C1CCCCCCC(C(=O)O)CCCCC1. The van der Waals surface area contributed by atoms with E-state index in [0.717, 1.165) is 64.2 Å². The van der Waals surface area contributed by atoms with Crippen molar-refractivity contribution in [1.82, 2.24) is 0 Å². The van der Waals surface area contributed by atoms with E-state index in [9.17, 15) is 9.59 Å². The molecule has 0 bridgehead atoms. The van der Waals surface area contributed by atoms with Crippen molar-refractivity contribution >= 4 is 11.8 Å². The molecule has 17 heavy (non-hydrogen) atoms. The van der Waals surface area contributed by atoms with Crippen molar-refractivity contribution < 1.29 is 14.7 Å². The van der Waals surface area contributed by atoms with Crippen LogP contribution < -0.4 is 0 Å². The van der Waals surface area contributed by atoms with Crippen LogP contribution in [0.4, 0.5) is 0 Å². The minimum Gasteiger partial charge on any atom is -0.481 e. The number of rotatable bonds is 1. The second kappa shape index (κ2) is 8.26. The molecule has 0 aromatic heterocycles. The lowest BCUT2D eigenvalue weighted by Crippen LogP contribution is -2.13. The first-order chi connectivity index (χ1) is 8.20. The number of hydrogen-bond acceptors (Lipinski definition) is 2. The molecule has 1 aliphatic rings. The lowest BCUT2D eigenvalue weighted by Gasteiger charge is -2.11. The molecule has 0 amide bonds. The number of carbonyl (C=O) groups excluding carboxylic acids is 1. The highest BCUT2D eigenvalue weighted by molar-refractivity contribution is 5.78. The average molecular weight is 240 g/mol. The second-order valence-electron chi connectivity index (χ2n) is 5.13. The van der Waals surface area contributed by atoms with Gasteiger partial charge in [-0.1, -0.05) is 32.1 Å². The van der Waals surface area contributed by atoms with Gasteiger partial charge in [0.15, 0.2) is 0 Å². The molecule has 0 heterocycles. The van der Waals surface area contributed by atoms with Gasteiger partial charge in [-0.25, -0.2) is 0 Å². The van der Waals surface area contributed by atoms with Crippen molar-refractivity contribution in [3.8, 4) is 0 Å². The summed E-state index contributed by atoms with van der Waals surface area (Å²) >= 11 is 0. The Morgan fingerprint density at radius 2 is 1.35 bits per heavy atom. The molecule has 1 rings (SSSR count). The number of carboxylic acid groups (broad SMARTS) is 1. The molecule has 1 fully saturated rings. The number of Topliss-reactive ketones (excluding diaryl/α,β-unsaturated/α-hetero) is 1. The van der Waals surface area contributed by atoms with Crippen molar-refractivity contribution in [2.75, 3.05) is 0 Å². The first kappa shape index (κ1) is 14.2. The Balaban J connectivity index is 2.37. The van der Waals surface area contributed by atoms with E-state index in [0.29, 0.717) is 12.2 Å². The quantitative estimate of drug-likeness (QED) is 0.762. The Labute approximate surface area is 104 Å². The van der Waals surface area contributed by atoms with E-state index in [4.69, 9.17) is 5.11 Å². The van der Waals surface area contributed by atoms with E-state index in [1.165, 1.54) is 0 Å². The van der Waals surface area contributed by atoms with Crippen molar-refractivity contribution in [2.24, 2.45) is 5.92 Å². The maximum absolute atomic E-state index is 11.5. The third-order valence-electron chi connectivity index (χ3n) is 3.62.